The van der Waals surface area contributed by atoms with Crippen LogP contribution in [-0.4, -0.2) is 5.11 Å². The summed E-state index contributed by atoms with van der Waals surface area (Å²) in [7, 11) is 0. The van der Waals surface area contributed by atoms with Crippen LogP contribution in [0.1, 0.15) is 5.56 Å². The lowest BCUT2D eigenvalue weighted by Gasteiger charge is -2.05. The summed E-state index contributed by atoms with van der Waals surface area (Å²) in [6, 6.07) is 4.57. The number of allylic oxidation sites excluding steroid dienone is 1. The first kappa shape index (κ1) is 10.8. The Morgan fingerprint density at radius 1 is 1.50 bits per heavy atom. The van der Waals surface area contributed by atoms with Gasteiger partial charge < -0.3 is 9.52 Å². The molecule has 1 heterocycles. The van der Waals surface area contributed by atoms with Crippen LogP contribution in [0.15, 0.2) is 40.1 Å². The summed E-state index contributed by atoms with van der Waals surface area (Å²) in [5, 5.41) is 10.1. The van der Waals surface area contributed by atoms with Crippen molar-refractivity contribution < 1.29 is 9.52 Å². The third kappa shape index (κ3) is 1.70. The number of phenols is 1. The summed E-state index contributed by atoms with van der Waals surface area (Å²) < 4.78 is 4.98. The normalized spacial score (nSPS) is 10.6. The lowest BCUT2D eigenvalue weighted by Crippen LogP contribution is -2.03. The molecule has 1 aromatic carbocycles. The Balaban J connectivity index is 2.88. The maximum atomic E-state index is 11.4. The first-order valence-electron chi connectivity index (χ1n) is 4.68. The van der Waals surface area contributed by atoms with E-state index in [-0.39, 0.29) is 10.8 Å². The quantitative estimate of drug-likeness (QED) is 0.644. The summed E-state index contributed by atoms with van der Waals surface area (Å²) in [4.78, 5) is 11.4. The van der Waals surface area contributed by atoms with Gasteiger partial charge in [-0.15, -0.1) is 6.58 Å². The summed E-state index contributed by atoms with van der Waals surface area (Å²) in [5.41, 5.74) is 0.394. The minimum atomic E-state index is -0.600. The molecule has 2 rings (SSSR count). The molecule has 82 valence electrons. The SMILES string of the molecule is C=CCc1c(Cl)c(=O)oc2cc(O)ccc12. The Labute approximate surface area is 96.6 Å². The molecule has 0 bridgehead atoms. The van der Waals surface area contributed by atoms with Gasteiger partial charge in [0.25, 0.3) is 0 Å². The molecule has 0 atom stereocenters. The van der Waals surface area contributed by atoms with Crippen molar-refractivity contribution in [3.05, 3.63) is 51.9 Å². The number of phenolic OH excluding ortho intramolecular Hbond substituents is 1. The predicted molar refractivity (Wildman–Crippen MR) is 63.1 cm³/mol. The van der Waals surface area contributed by atoms with E-state index in [1.54, 1.807) is 12.1 Å². The van der Waals surface area contributed by atoms with E-state index in [4.69, 9.17) is 16.0 Å². The molecule has 0 saturated carbocycles. The average Bonchev–Trinajstić information content (AvgIpc) is 2.24. The zero-order chi connectivity index (χ0) is 11.7. The van der Waals surface area contributed by atoms with Crippen LogP contribution in [-0.2, 0) is 6.42 Å². The van der Waals surface area contributed by atoms with Crippen molar-refractivity contribution in [3.8, 4) is 5.75 Å². The third-order valence-electron chi connectivity index (χ3n) is 2.29. The van der Waals surface area contributed by atoms with E-state index >= 15 is 0 Å². The summed E-state index contributed by atoms with van der Waals surface area (Å²) in [6.07, 6.45) is 2.14. The molecule has 0 fully saturated rings. The largest absolute Gasteiger partial charge is 0.508 e. The minimum Gasteiger partial charge on any atom is -0.508 e. The number of benzene rings is 1. The lowest BCUT2D eigenvalue weighted by molar-refractivity contribution is 0.473. The Bertz CT molecular complexity index is 613. The molecule has 1 aromatic heterocycles. The first-order chi connectivity index (χ1) is 7.63. The van der Waals surface area contributed by atoms with Crippen LogP contribution in [0.3, 0.4) is 0 Å². The van der Waals surface area contributed by atoms with Gasteiger partial charge in [-0.25, -0.2) is 4.79 Å². The second kappa shape index (κ2) is 4.02. The van der Waals surface area contributed by atoms with Crippen LogP contribution in [0, 0.1) is 0 Å². The maximum absolute atomic E-state index is 11.4. The summed E-state index contributed by atoms with van der Waals surface area (Å²) >= 11 is 5.87. The van der Waals surface area contributed by atoms with Crippen LogP contribution >= 0.6 is 11.6 Å². The molecule has 0 saturated heterocycles. The molecule has 0 spiro atoms. The van der Waals surface area contributed by atoms with Crippen molar-refractivity contribution >= 4 is 22.6 Å². The van der Waals surface area contributed by atoms with Gasteiger partial charge >= 0.3 is 5.63 Å². The number of aromatic hydroxyl groups is 1. The van der Waals surface area contributed by atoms with E-state index < -0.39 is 5.63 Å². The van der Waals surface area contributed by atoms with Crippen LogP contribution in [0.4, 0.5) is 0 Å². The zero-order valence-electron chi connectivity index (χ0n) is 8.37. The highest BCUT2D eigenvalue weighted by Crippen LogP contribution is 2.26. The standard InChI is InChI=1S/C12H9ClO3/c1-2-3-9-8-5-4-7(14)6-10(8)16-12(15)11(9)13/h2,4-6,14H,1,3H2. The first-order valence-corrected chi connectivity index (χ1v) is 5.06. The average molecular weight is 237 g/mol. The van der Waals surface area contributed by atoms with Gasteiger partial charge in [-0.1, -0.05) is 17.7 Å². The molecule has 0 aliphatic heterocycles. The van der Waals surface area contributed by atoms with Crippen LogP contribution in [0.2, 0.25) is 5.02 Å². The molecule has 0 aliphatic rings. The van der Waals surface area contributed by atoms with Crippen molar-refractivity contribution in [1.29, 1.82) is 0 Å². The number of hydrogen-bond donors (Lipinski definition) is 1. The van der Waals surface area contributed by atoms with Crippen molar-refractivity contribution in [3.63, 3.8) is 0 Å². The number of rotatable bonds is 2. The van der Waals surface area contributed by atoms with Gasteiger partial charge in [0.05, 0.1) is 0 Å². The fraction of sp³-hybridized carbons (Fsp3) is 0.0833. The number of hydrogen-bond acceptors (Lipinski definition) is 3. The minimum absolute atomic E-state index is 0.0440. The molecule has 3 nitrogen and oxygen atoms in total. The predicted octanol–water partition coefficient (Wildman–Crippen LogP) is 2.88. The molecule has 1 N–H and O–H groups in total. The van der Waals surface area contributed by atoms with Crippen LogP contribution < -0.4 is 5.63 Å². The Kier molecular flexibility index (Phi) is 2.71. The molecule has 2 aromatic rings. The second-order valence-electron chi connectivity index (χ2n) is 3.36. The number of fused-ring (bicyclic) bond motifs is 1. The summed E-state index contributed by atoms with van der Waals surface area (Å²) in [6.45, 7) is 3.61. The monoisotopic (exact) mass is 236 g/mol. The van der Waals surface area contributed by atoms with Gasteiger partial charge in [0.1, 0.15) is 16.4 Å². The lowest BCUT2D eigenvalue weighted by atomic mass is 10.1. The van der Waals surface area contributed by atoms with E-state index in [0.29, 0.717) is 23.0 Å². The van der Waals surface area contributed by atoms with E-state index in [2.05, 4.69) is 6.58 Å². The van der Waals surface area contributed by atoms with Gasteiger partial charge in [0, 0.05) is 11.5 Å². The fourth-order valence-corrected chi connectivity index (χ4v) is 1.79. The smallest absolute Gasteiger partial charge is 0.355 e. The number of halogens is 1. The Hall–Kier alpha value is -1.74. The topological polar surface area (TPSA) is 50.4 Å². The fourth-order valence-electron chi connectivity index (χ4n) is 1.57. The van der Waals surface area contributed by atoms with Crippen molar-refractivity contribution in [2.45, 2.75) is 6.42 Å². The maximum Gasteiger partial charge on any atom is 0.355 e. The van der Waals surface area contributed by atoms with Crippen LogP contribution in [0.5, 0.6) is 5.75 Å². The molecule has 0 aliphatic carbocycles. The zero-order valence-corrected chi connectivity index (χ0v) is 9.12. The highest BCUT2D eigenvalue weighted by molar-refractivity contribution is 6.31. The molecule has 4 heteroatoms. The molecular formula is C12H9ClO3. The molecule has 0 radical (unpaired) electrons. The van der Waals surface area contributed by atoms with E-state index in [1.165, 1.54) is 12.1 Å². The Morgan fingerprint density at radius 2 is 2.25 bits per heavy atom. The highest BCUT2D eigenvalue weighted by atomic mass is 35.5. The van der Waals surface area contributed by atoms with Gasteiger partial charge in [-0.2, -0.15) is 0 Å². The molecule has 0 unspecified atom stereocenters. The summed E-state index contributed by atoms with van der Waals surface area (Å²) in [5.74, 6) is 0.0440. The second-order valence-corrected chi connectivity index (χ2v) is 3.73. The van der Waals surface area contributed by atoms with Crippen molar-refractivity contribution in [2.75, 3.05) is 0 Å². The van der Waals surface area contributed by atoms with E-state index in [1.807, 2.05) is 0 Å². The highest BCUT2D eigenvalue weighted by Gasteiger charge is 2.11. The van der Waals surface area contributed by atoms with Gasteiger partial charge in [-0.3, -0.25) is 0 Å². The Morgan fingerprint density at radius 3 is 2.94 bits per heavy atom. The van der Waals surface area contributed by atoms with Gasteiger partial charge in [-0.05, 0) is 24.1 Å². The van der Waals surface area contributed by atoms with Crippen molar-refractivity contribution in [1.82, 2.24) is 0 Å². The molecular weight excluding hydrogens is 228 g/mol. The van der Waals surface area contributed by atoms with Crippen molar-refractivity contribution in [2.24, 2.45) is 0 Å². The molecule has 0 amide bonds. The van der Waals surface area contributed by atoms with Gasteiger partial charge in [0.15, 0.2) is 0 Å². The third-order valence-corrected chi connectivity index (χ3v) is 2.67. The van der Waals surface area contributed by atoms with Crippen LogP contribution in [0.25, 0.3) is 11.0 Å². The van der Waals surface area contributed by atoms with E-state index in [0.717, 1.165) is 0 Å². The van der Waals surface area contributed by atoms with E-state index in [9.17, 15) is 9.90 Å². The molecule has 16 heavy (non-hydrogen) atoms. The van der Waals surface area contributed by atoms with Gasteiger partial charge in [0.2, 0.25) is 0 Å².